The van der Waals surface area contributed by atoms with E-state index >= 15 is 0 Å². The lowest BCUT2D eigenvalue weighted by atomic mass is 10.2. The molecule has 0 atom stereocenters. The number of ether oxygens (including phenoxy) is 2. The summed E-state index contributed by atoms with van der Waals surface area (Å²) in [4.78, 5) is 24.9. The number of amides is 1. The molecule has 0 aliphatic heterocycles. The van der Waals surface area contributed by atoms with Crippen molar-refractivity contribution in [3.63, 3.8) is 0 Å². The molecule has 0 spiro atoms. The highest BCUT2D eigenvalue weighted by atomic mass is 16.5. The highest BCUT2D eigenvalue weighted by molar-refractivity contribution is 5.91. The molecule has 1 amide bonds. The molecule has 0 N–H and O–H groups in total. The van der Waals surface area contributed by atoms with Crippen LogP contribution < -0.4 is 14.4 Å². The van der Waals surface area contributed by atoms with E-state index in [4.69, 9.17) is 9.47 Å². The Balaban J connectivity index is 1.64. The molecule has 0 unspecified atom stereocenters. The fourth-order valence-corrected chi connectivity index (χ4v) is 2.86. The van der Waals surface area contributed by atoms with Gasteiger partial charge in [0.05, 0.1) is 6.54 Å². The SMILES string of the molecule is CC(=O)Oc1ccc(N(Cc2ccc(OCc3ccccc3)cc2)C(C)=O)cc1. The van der Waals surface area contributed by atoms with Crippen LogP contribution in [0.5, 0.6) is 11.5 Å². The average Bonchev–Trinajstić information content (AvgIpc) is 2.72. The molecule has 0 radical (unpaired) electrons. The fourth-order valence-electron chi connectivity index (χ4n) is 2.86. The molecule has 0 aliphatic rings. The van der Waals surface area contributed by atoms with E-state index in [1.54, 1.807) is 29.2 Å². The second-order valence-electron chi connectivity index (χ2n) is 6.61. The van der Waals surface area contributed by atoms with Crippen molar-refractivity contribution in [2.24, 2.45) is 0 Å². The first kappa shape index (κ1) is 20.1. The maximum Gasteiger partial charge on any atom is 0.308 e. The molecule has 148 valence electrons. The lowest BCUT2D eigenvalue weighted by Crippen LogP contribution is -2.27. The number of carbonyl (C=O) groups is 2. The Hall–Kier alpha value is -3.60. The second-order valence-corrected chi connectivity index (χ2v) is 6.61. The van der Waals surface area contributed by atoms with Crippen molar-refractivity contribution in [1.82, 2.24) is 0 Å². The first-order valence-electron chi connectivity index (χ1n) is 9.33. The van der Waals surface area contributed by atoms with Gasteiger partial charge in [0.1, 0.15) is 18.1 Å². The van der Waals surface area contributed by atoms with Crippen molar-refractivity contribution in [1.29, 1.82) is 0 Å². The van der Waals surface area contributed by atoms with Crippen LogP contribution in [0.1, 0.15) is 25.0 Å². The number of hydrogen-bond donors (Lipinski definition) is 0. The quantitative estimate of drug-likeness (QED) is 0.432. The first-order chi connectivity index (χ1) is 14.0. The molecule has 0 saturated heterocycles. The van der Waals surface area contributed by atoms with Crippen LogP contribution in [-0.4, -0.2) is 11.9 Å². The third-order valence-corrected chi connectivity index (χ3v) is 4.30. The van der Waals surface area contributed by atoms with E-state index in [0.717, 1.165) is 22.6 Å². The molecular formula is C24H23NO4. The van der Waals surface area contributed by atoms with Crippen molar-refractivity contribution in [3.8, 4) is 11.5 Å². The van der Waals surface area contributed by atoms with Crippen LogP contribution in [0.15, 0.2) is 78.9 Å². The lowest BCUT2D eigenvalue weighted by Gasteiger charge is -2.21. The van der Waals surface area contributed by atoms with Gasteiger partial charge in [0.2, 0.25) is 5.91 Å². The number of hydrogen-bond acceptors (Lipinski definition) is 4. The Morgan fingerprint density at radius 2 is 1.38 bits per heavy atom. The van der Waals surface area contributed by atoms with Crippen molar-refractivity contribution in [2.45, 2.75) is 27.0 Å². The van der Waals surface area contributed by atoms with Crippen molar-refractivity contribution in [2.75, 3.05) is 4.90 Å². The minimum absolute atomic E-state index is 0.0744. The van der Waals surface area contributed by atoms with Crippen LogP contribution in [0.3, 0.4) is 0 Å². The van der Waals surface area contributed by atoms with E-state index in [1.807, 2.05) is 54.6 Å². The van der Waals surface area contributed by atoms with Crippen LogP contribution in [-0.2, 0) is 22.7 Å². The number of nitrogens with zero attached hydrogens (tertiary/aromatic N) is 1. The summed E-state index contributed by atoms with van der Waals surface area (Å²) in [5.41, 5.74) is 2.82. The minimum Gasteiger partial charge on any atom is -0.489 e. The zero-order chi connectivity index (χ0) is 20.6. The summed E-state index contributed by atoms with van der Waals surface area (Å²) < 4.78 is 10.8. The first-order valence-corrected chi connectivity index (χ1v) is 9.33. The fraction of sp³-hybridized carbons (Fsp3) is 0.167. The molecule has 0 aromatic heterocycles. The van der Waals surface area contributed by atoms with E-state index in [0.29, 0.717) is 18.9 Å². The third kappa shape index (κ3) is 5.94. The van der Waals surface area contributed by atoms with Gasteiger partial charge in [-0.1, -0.05) is 42.5 Å². The van der Waals surface area contributed by atoms with E-state index in [9.17, 15) is 9.59 Å². The van der Waals surface area contributed by atoms with Gasteiger partial charge in [0.25, 0.3) is 0 Å². The van der Waals surface area contributed by atoms with Gasteiger partial charge in [-0.05, 0) is 47.5 Å². The molecule has 3 aromatic rings. The Morgan fingerprint density at radius 3 is 1.97 bits per heavy atom. The molecule has 0 aliphatic carbocycles. The van der Waals surface area contributed by atoms with Gasteiger partial charge in [-0.15, -0.1) is 0 Å². The molecule has 5 heteroatoms. The van der Waals surface area contributed by atoms with Gasteiger partial charge in [-0.25, -0.2) is 0 Å². The Morgan fingerprint density at radius 1 is 0.759 bits per heavy atom. The topological polar surface area (TPSA) is 55.8 Å². The molecule has 5 nitrogen and oxygen atoms in total. The van der Waals surface area contributed by atoms with Crippen molar-refractivity contribution >= 4 is 17.6 Å². The Kier molecular flexibility index (Phi) is 6.63. The van der Waals surface area contributed by atoms with E-state index < -0.39 is 0 Å². The minimum atomic E-state index is -0.379. The monoisotopic (exact) mass is 389 g/mol. The molecular weight excluding hydrogens is 366 g/mol. The molecule has 0 saturated carbocycles. The molecule has 0 heterocycles. The van der Waals surface area contributed by atoms with Gasteiger partial charge in [0.15, 0.2) is 0 Å². The zero-order valence-corrected chi connectivity index (χ0v) is 16.5. The van der Waals surface area contributed by atoms with Gasteiger partial charge < -0.3 is 14.4 Å². The van der Waals surface area contributed by atoms with Gasteiger partial charge in [-0.2, -0.15) is 0 Å². The summed E-state index contributed by atoms with van der Waals surface area (Å²) in [7, 11) is 0. The van der Waals surface area contributed by atoms with E-state index in [-0.39, 0.29) is 11.9 Å². The van der Waals surface area contributed by atoms with Crippen molar-refractivity contribution < 1.29 is 19.1 Å². The normalized spacial score (nSPS) is 10.3. The number of rotatable bonds is 7. The summed E-state index contributed by atoms with van der Waals surface area (Å²) in [6.45, 7) is 3.82. The number of benzene rings is 3. The number of carbonyl (C=O) groups excluding carboxylic acids is 2. The summed E-state index contributed by atoms with van der Waals surface area (Å²) in [6, 6.07) is 24.6. The van der Waals surface area contributed by atoms with Crippen LogP contribution in [0.2, 0.25) is 0 Å². The molecule has 3 rings (SSSR count). The Labute approximate surface area is 170 Å². The third-order valence-electron chi connectivity index (χ3n) is 4.30. The van der Waals surface area contributed by atoms with Crippen molar-refractivity contribution in [3.05, 3.63) is 90.0 Å². The average molecular weight is 389 g/mol. The predicted molar refractivity (Wildman–Crippen MR) is 112 cm³/mol. The second kappa shape index (κ2) is 9.55. The smallest absolute Gasteiger partial charge is 0.308 e. The summed E-state index contributed by atoms with van der Waals surface area (Å²) in [5.74, 6) is 0.771. The van der Waals surface area contributed by atoms with Crippen LogP contribution in [0, 0.1) is 0 Å². The highest BCUT2D eigenvalue weighted by Crippen LogP contribution is 2.23. The summed E-state index contributed by atoms with van der Waals surface area (Å²) >= 11 is 0. The lowest BCUT2D eigenvalue weighted by molar-refractivity contribution is -0.131. The summed E-state index contributed by atoms with van der Waals surface area (Å²) in [6.07, 6.45) is 0. The zero-order valence-electron chi connectivity index (χ0n) is 16.5. The molecule has 0 bridgehead atoms. The standard InChI is InChI=1S/C24H23NO4/c1-18(26)25(22-10-14-24(15-11-22)29-19(2)27)16-20-8-12-23(13-9-20)28-17-21-6-4-3-5-7-21/h3-15H,16-17H2,1-2H3. The number of anilines is 1. The molecule has 29 heavy (non-hydrogen) atoms. The predicted octanol–water partition coefficient (Wildman–Crippen LogP) is 4.74. The van der Waals surface area contributed by atoms with Crippen LogP contribution in [0.4, 0.5) is 5.69 Å². The Bertz CT molecular complexity index is 950. The number of esters is 1. The highest BCUT2D eigenvalue weighted by Gasteiger charge is 2.13. The van der Waals surface area contributed by atoms with Crippen LogP contribution >= 0.6 is 0 Å². The molecule has 0 fully saturated rings. The van der Waals surface area contributed by atoms with Gasteiger partial charge in [-0.3, -0.25) is 9.59 Å². The summed E-state index contributed by atoms with van der Waals surface area (Å²) in [5, 5.41) is 0. The van der Waals surface area contributed by atoms with Gasteiger partial charge >= 0.3 is 5.97 Å². The maximum absolute atomic E-state index is 12.2. The van der Waals surface area contributed by atoms with Crippen LogP contribution in [0.25, 0.3) is 0 Å². The maximum atomic E-state index is 12.2. The van der Waals surface area contributed by atoms with E-state index in [2.05, 4.69) is 0 Å². The van der Waals surface area contributed by atoms with E-state index in [1.165, 1.54) is 13.8 Å². The molecule has 3 aromatic carbocycles. The largest absolute Gasteiger partial charge is 0.489 e. The van der Waals surface area contributed by atoms with Gasteiger partial charge in [0, 0.05) is 19.5 Å².